The number of pyridine rings is 1. The van der Waals surface area contributed by atoms with Crippen LogP contribution in [0.4, 0.5) is 0 Å². The zero-order valence-electron chi connectivity index (χ0n) is 22.6. The van der Waals surface area contributed by atoms with Gasteiger partial charge in [-0.1, -0.05) is 54.6 Å². The van der Waals surface area contributed by atoms with Gasteiger partial charge in [-0.15, -0.1) is 0 Å². The predicted octanol–water partition coefficient (Wildman–Crippen LogP) is 8.92. The maximum absolute atomic E-state index is 9.67. The van der Waals surface area contributed by atoms with Gasteiger partial charge >= 0.3 is 0 Å². The van der Waals surface area contributed by atoms with Crippen LogP contribution in [0.1, 0.15) is 11.1 Å². The summed E-state index contributed by atoms with van der Waals surface area (Å²) in [4.78, 5) is 5.24. The molecule has 4 aromatic heterocycles. The lowest BCUT2D eigenvalue weighted by molar-refractivity contribution is 0.668. The number of para-hydroxylation sites is 3. The number of aromatic nitrogens is 3. The molecule has 0 spiro atoms. The SMILES string of the molecule is N#Cc1ccc2c(c1)c1ccccc1n2-c1cccc(-n2c3ccccc3c3cc4c(cc32)oc2c(C#N)cccc24)n1. The summed E-state index contributed by atoms with van der Waals surface area (Å²) in [5.74, 6) is 1.55. The molecule has 0 saturated carbocycles. The lowest BCUT2D eigenvalue weighted by atomic mass is 10.1. The maximum Gasteiger partial charge on any atom is 0.153 e. The molecule has 198 valence electrons. The average Bonchev–Trinajstić information content (AvgIpc) is 3.70. The summed E-state index contributed by atoms with van der Waals surface area (Å²) < 4.78 is 10.6. The minimum Gasteiger partial charge on any atom is -0.455 e. The van der Waals surface area contributed by atoms with Crippen molar-refractivity contribution in [1.82, 2.24) is 14.1 Å². The van der Waals surface area contributed by atoms with Crippen LogP contribution in [0.25, 0.3) is 77.2 Å². The molecule has 0 unspecified atom stereocenters. The summed E-state index contributed by atoms with van der Waals surface area (Å²) in [6.45, 7) is 0. The third kappa shape index (κ3) is 3.18. The largest absolute Gasteiger partial charge is 0.455 e. The molecule has 4 heterocycles. The Morgan fingerprint density at radius 2 is 1.14 bits per heavy atom. The van der Waals surface area contributed by atoms with Crippen LogP contribution in [0.5, 0.6) is 0 Å². The Morgan fingerprint density at radius 3 is 1.86 bits per heavy atom. The fourth-order valence-electron chi connectivity index (χ4n) is 6.55. The molecule has 6 nitrogen and oxygen atoms in total. The van der Waals surface area contributed by atoms with Crippen LogP contribution in [-0.4, -0.2) is 14.1 Å². The molecule has 0 amide bonds. The Kier molecular flexibility index (Phi) is 4.65. The zero-order valence-corrected chi connectivity index (χ0v) is 22.6. The molecule has 0 aliphatic heterocycles. The molecular weight excluding hydrogens is 530 g/mol. The van der Waals surface area contributed by atoms with Crippen molar-refractivity contribution in [3.63, 3.8) is 0 Å². The van der Waals surface area contributed by atoms with E-state index in [4.69, 9.17) is 9.40 Å². The summed E-state index contributed by atoms with van der Waals surface area (Å²) in [5.41, 5.74) is 6.50. The molecule has 0 fully saturated rings. The van der Waals surface area contributed by atoms with Crippen molar-refractivity contribution >= 4 is 65.6 Å². The minimum atomic E-state index is 0.522. The van der Waals surface area contributed by atoms with Crippen LogP contribution in [0.2, 0.25) is 0 Å². The second kappa shape index (κ2) is 8.57. The number of hydrogen-bond donors (Lipinski definition) is 0. The molecule has 0 saturated heterocycles. The molecule has 0 aliphatic rings. The van der Waals surface area contributed by atoms with E-state index in [-0.39, 0.29) is 0 Å². The number of benzene rings is 5. The molecule has 0 aliphatic carbocycles. The zero-order chi connectivity index (χ0) is 28.7. The molecule has 0 N–H and O–H groups in total. The Morgan fingerprint density at radius 1 is 0.512 bits per heavy atom. The highest BCUT2D eigenvalue weighted by Crippen LogP contribution is 2.39. The van der Waals surface area contributed by atoms with E-state index in [1.165, 1.54) is 0 Å². The number of hydrogen-bond acceptors (Lipinski definition) is 4. The third-order valence-corrected chi connectivity index (χ3v) is 8.39. The summed E-state index contributed by atoms with van der Waals surface area (Å²) in [7, 11) is 0. The highest BCUT2D eigenvalue weighted by Gasteiger charge is 2.19. The van der Waals surface area contributed by atoms with Gasteiger partial charge < -0.3 is 4.42 Å². The Hall–Kier alpha value is -6.37. The molecule has 43 heavy (non-hydrogen) atoms. The van der Waals surface area contributed by atoms with Crippen molar-refractivity contribution in [2.75, 3.05) is 0 Å². The molecule has 9 aromatic rings. The highest BCUT2D eigenvalue weighted by molar-refractivity contribution is 6.17. The third-order valence-electron chi connectivity index (χ3n) is 8.39. The summed E-state index contributed by atoms with van der Waals surface area (Å²) in [6.07, 6.45) is 0. The van der Waals surface area contributed by atoms with Gasteiger partial charge in [-0.05, 0) is 54.6 Å². The van der Waals surface area contributed by atoms with Gasteiger partial charge in [0.05, 0.1) is 39.3 Å². The number of rotatable bonds is 2. The van der Waals surface area contributed by atoms with Gasteiger partial charge in [0.1, 0.15) is 23.3 Å². The first kappa shape index (κ1) is 23.3. The summed E-state index contributed by atoms with van der Waals surface area (Å²) in [5, 5.41) is 25.4. The van der Waals surface area contributed by atoms with Crippen LogP contribution in [0, 0.1) is 22.7 Å². The standard InChI is InChI=1S/C37H19N5O/c38-20-22-15-16-32-27(17-22)24-8-1-3-11-30(24)41(32)35-13-6-14-36(40-35)42-31-12-4-2-9-25(31)28-18-29-26-10-5-7-23(21-39)37(26)43-34(29)19-33(28)42/h1-19H. The molecule has 0 atom stereocenters. The Labute approximate surface area is 244 Å². The van der Waals surface area contributed by atoms with Crippen molar-refractivity contribution in [2.45, 2.75) is 0 Å². The first-order valence-corrected chi connectivity index (χ1v) is 13.9. The van der Waals surface area contributed by atoms with Crippen molar-refractivity contribution in [3.8, 4) is 23.8 Å². The van der Waals surface area contributed by atoms with Crippen LogP contribution in [0.3, 0.4) is 0 Å². The first-order valence-electron chi connectivity index (χ1n) is 13.9. The van der Waals surface area contributed by atoms with E-state index in [1.807, 2.05) is 66.7 Å². The van der Waals surface area contributed by atoms with Gasteiger partial charge in [0.2, 0.25) is 0 Å². The number of nitrogens with zero attached hydrogens (tertiary/aromatic N) is 5. The van der Waals surface area contributed by atoms with Crippen molar-refractivity contribution in [1.29, 1.82) is 10.5 Å². The van der Waals surface area contributed by atoms with Gasteiger partial charge in [0, 0.05) is 38.4 Å². The van der Waals surface area contributed by atoms with Gasteiger partial charge in [0.15, 0.2) is 5.58 Å². The van der Waals surface area contributed by atoms with E-state index in [0.717, 1.165) is 71.6 Å². The normalized spacial score (nSPS) is 11.7. The lowest BCUT2D eigenvalue weighted by Crippen LogP contribution is -2.03. The molecular formula is C37H19N5O. The van der Waals surface area contributed by atoms with Crippen LogP contribution >= 0.6 is 0 Å². The smallest absolute Gasteiger partial charge is 0.153 e. The highest BCUT2D eigenvalue weighted by atomic mass is 16.3. The quantitative estimate of drug-likeness (QED) is 0.215. The second-order valence-corrected chi connectivity index (χ2v) is 10.7. The second-order valence-electron chi connectivity index (χ2n) is 10.7. The van der Waals surface area contributed by atoms with Crippen LogP contribution < -0.4 is 0 Å². The van der Waals surface area contributed by atoms with E-state index in [9.17, 15) is 10.5 Å². The first-order chi connectivity index (χ1) is 21.2. The van der Waals surface area contributed by atoms with Crippen LogP contribution in [-0.2, 0) is 0 Å². The van der Waals surface area contributed by atoms with Crippen molar-refractivity contribution in [2.24, 2.45) is 0 Å². The lowest BCUT2D eigenvalue weighted by Gasteiger charge is -2.11. The number of nitriles is 2. The monoisotopic (exact) mass is 549 g/mol. The Balaban J connectivity index is 1.34. The summed E-state index contributed by atoms with van der Waals surface area (Å²) >= 11 is 0. The fourth-order valence-corrected chi connectivity index (χ4v) is 6.55. The molecule has 9 rings (SSSR count). The molecule has 6 heteroatoms. The van der Waals surface area contributed by atoms with E-state index >= 15 is 0 Å². The van der Waals surface area contributed by atoms with E-state index in [1.54, 1.807) is 6.07 Å². The van der Waals surface area contributed by atoms with Crippen molar-refractivity contribution < 1.29 is 4.42 Å². The van der Waals surface area contributed by atoms with Crippen molar-refractivity contribution in [3.05, 3.63) is 126 Å². The number of furan rings is 1. The van der Waals surface area contributed by atoms with E-state index in [0.29, 0.717) is 16.7 Å². The van der Waals surface area contributed by atoms with Gasteiger partial charge in [-0.3, -0.25) is 9.13 Å². The molecule has 5 aromatic carbocycles. The van der Waals surface area contributed by atoms with Crippen LogP contribution in [0.15, 0.2) is 120 Å². The fraction of sp³-hybridized carbons (Fsp3) is 0. The average molecular weight is 550 g/mol. The van der Waals surface area contributed by atoms with E-state index < -0.39 is 0 Å². The van der Waals surface area contributed by atoms with Gasteiger partial charge in [-0.25, -0.2) is 4.98 Å². The topological polar surface area (TPSA) is 83.5 Å². The minimum absolute atomic E-state index is 0.522. The summed E-state index contributed by atoms with van der Waals surface area (Å²) in [6, 6.07) is 42.9. The molecule has 0 radical (unpaired) electrons. The predicted molar refractivity (Wildman–Crippen MR) is 170 cm³/mol. The molecule has 0 bridgehead atoms. The number of fused-ring (bicyclic) bond motifs is 9. The Bertz CT molecular complexity index is 2710. The van der Waals surface area contributed by atoms with E-state index in [2.05, 4.69) is 63.7 Å². The van der Waals surface area contributed by atoms with Gasteiger partial charge in [0.25, 0.3) is 0 Å². The van der Waals surface area contributed by atoms with Gasteiger partial charge in [-0.2, -0.15) is 10.5 Å². The maximum atomic E-state index is 9.67.